The average Bonchev–Trinajstić information content (AvgIpc) is 3.13. The van der Waals surface area contributed by atoms with E-state index in [1.807, 2.05) is 0 Å². The van der Waals surface area contributed by atoms with Crippen LogP contribution in [0.3, 0.4) is 0 Å². The predicted molar refractivity (Wildman–Crippen MR) is 96.5 cm³/mol. The zero-order valence-corrected chi connectivity index (χ0v) is 15.6. The molecule has 1 fully saturated rings. The summed E-state index contributed by atoms with van der Waals surface area (Å²) in [6.45, 7) is 0.0287. The Labute approximate surface area is 158 Å². The van der Waals surface area contributed by atoms with Crippen LogP contribution < -0.4 is 4.74 Å². The van der Waals surface area contributed by atoms with Crippen LogP contribution in [0.25, 0.3) is 0 Å². The molecule has 2 nitrogen and oxygen atoms in total. The maximum atomic E-state index is 13.5. The van der Waals surface area contributed by atoms with Crippen LogP contribution in [-0.2, 0) is 12.8 Å². The van der Waals surface area contributed by atoms with E-state index >= 15 is 0 Å². The van der Waals surface area contributed by atoms with Gasteiger partial charge in [0.05, 0.1) is 5.56 Å². The Morgan fingerprint density at radius 3 is 2.46 bits per heavy atom. The minimum absolute atomic E-state index is 0.00608. The second-order valence-electron chi connectivity index (χ2n) is 6.49. The number of aldehydes is 1. The van der Waals surface area contributed by atoms with Gasteiger partial charge < -0.3 is 4.74 Å². The number of rotatable bonds is 5. The Kier molecular flexibility index (Phi) is 5.70. The van der Waals surface area contributed by atoms with E-state index in [4.69, 9.17) is 4.74 Å². The van der Waals surface area contributed by atoms with Crippen LogP contribution in [0.4, 0.5) is 13.2 Å². The van der Waals surface area contributed by atoms with Crippen molar-refractivity contribution in [3.63, 3.8) is 0 Å². The van der Waals surface area contributed by atoms with Gasteiger partial charge in [0.15, 0.2) is 6.29 Å². The van der Waals surface area contributed by atoms with Gasteiger partial charge in [0.1, 0.15) is 12.4 Å². The summed E-state index contributed by atoms with van der Waals surface area (Å²) in [6, 6.07) is 9.34. The quantitative estimate of drug-likeness (QED) is 0.508. The maximum absolute atomic E-state index is 13.5. The topological polar surface area (TPSA) is 26.3 Å². The molecule has 0 aromatic heterocycles. The monoisotopic (exact) mass is 426 g/mol. The molecule has 2 aromatic rings. The smallest absolute Gasteiger partial charge is 0.416 e. The lowest BCUT2D eigenvalue weighted by Crippen LogP contribution is -2.12. The lowest BCUT2D eigenvalue weighted by atomic mass is 9.91. The number of benzene rings is 2. The first-order valence-electron chi connectivity index (χ1n) is 8.46. The van der Waals surface area contributed by atoms with Crippen LogP contribution in [0.5, 0.6) is 5.75 Å². The van der Waals surface area contributed by atoms with Gasteiger partial charge >= 0.3 is 6.18 Å². The molecule has 0 heterocycles. The standard InChI is InChI=1S/C20H18BrF3O2/c21-19-10-16(7-6-15(19)11-25)26-12-13-5-8-17(14-3-1-2-4-14)18(9-13)20(22,23)24/h5-11,14H,1-4,12H2. The molecular formula is C20H18BrF3O2. The fourth-order valence-corrected chi connectivity index (χ4v) is 3.84. The lowest BCUT2D eigenvalue weighted by molar-refractivity contribution is -0.138. The van der Waals surface area contributed by atoms with Crippen molar-refractivity contribution in [2.24, 2.45) is 0 Å². The summed E-state index contributed by atoms with van der Waals surface area (Å²) in [5, 5.41) is 0. The second-order valence-corrected chi connectivity index (χ2v) is 7.34. The Bertz CT molecular complexity index is 796. The Hall–Kier alpha value is -1.82. The molecule has 0 radical (unpaired) electrons. The molecule has 138 valence electrons. The van der Waals surface area contributed by atoms with E-state index in [2.05, 4.69) is 15.9 Å². The summed E-state index contributed by atoms with van der Waals surface area (Å²) in [7, 11) is 0. The predicted octanol–water partition coefficient (Wildman–Crippen LogP) is 6.52. The Balaban J connectivity index is 1.80. The molecule has 0 atom stereocenters. The fraction of sp³-hybridized carbons (Fsp3) is 0.350. The summed E-state index contributed by atoms with van der Waals surface area (Å²) < 4.78 is 46.7. The molecule has 0 spiro atoms. The van der Waals surface area contributed by atoms with Gasteiger partial charge in [-0.3, -0.25) is 4.79 Å². The van der Waals surface area contributed by atoms with Crippen molar-refractivity contribution >= 4 is 22.2 Å². The van der Waals surface area contributed by atoms with Crippen LogP contribution in [-0.4, -0.2) is 6.29 Å². The third-order valence-corrected chi connectivity index (χ3v) is 5.41. The zero-order chi connectivity index (χ0) is 18.7. The highest BCUT2D eigenvalue weighted by molar-refractivity contribution is 9.10. The van der Waals surface area contributed by atoms with Gasteiger partial charge in [-0.05, 0) is 70.1 Å². The van der Waals surface area contributed by atoms with Gasteiger partial charge in [0, 0.05) is 10.0 Å². The first kappa shape index (κ1) is 19.0. The van der Waals surface area contributed by atoms with Gasteiger partial charge in [-0.25, -0.2) is 0 Å². The van der Waals surface area contributed by atoms with E-state index in [-0.39, 0.29) is 12.5 Å². The molecule has 1 aliphatic carbocycles. The Morgan fingerprint density at radius 1 is 1.12 bits per heavy atom. The second kappa shape index (κ2) is 7.82. The summed E-state index contributed by atoms with van der Waals surface area (Å²) >= 11 is 3.26. The van der Waals surface area contributed by atoms with Gasteiger partial charge in [-0.2, -0.15) is 13.2 Å². The number of ether oxygens (including phenoxy) is 1. The van der Waals surface area contributed by atoms with Gasteiger partial charge in [-0.15, -0.1) is 0 Å². The number of hydrogen-bond donors (Lipinski definition) is 0. The molecule has 0 bridgehead atoms. The molecule has 2 aromatic carbocycles. The molecule has 0 saturated heterocycles. The van der Waals surface area contributed by atoms with E-state index in [0.717, 1.165) is 25.7 Å². The van der Waals surface area contributed by atoms with E-state index in [1.54, 1.807) is 30.3 Å². The van der Waals surface area contributed by atoms with Gasteiger partial charge in [0.2, 0.25) is 0 Å². The van der Waals surface area contributed by atoms with Crippen molar-refractivity contribution in [3.8, 4) is 5.75 Å². The highest BCUT2D eigenvalue weighted by Gasteiger charge is 2.36. The highest BCUT2D eigenvalue weighted by atomic mass is 79.9. The minimum Gasteiger partial charge on any atom is -0.489 e. The summed E-state index contributed by atoms with van der Waals surface area (Å²) in [4.78, 5) is 10.8. The van der Waals surface area contributed by atoms with Crippen LogP contribution in [0.2, 0.25) is 0 Å². The molecular weight excluding hydrogens is 409 g/mol. The third kappa shape index (κ3) is 4.29. The molecule has 0 amide bonds. The number of carbonyl (C=O) groups is 1. The molecule has 3 rings (SSSR count). The Morgan fingerprint density at radius 2 is 1.85 bits per heavy atom. The molecule has 26 heavy (non-hydrogen) atoms. The summed E-state index contributed by atoms with van der Waals surface area (Å²) in [5.74, 6) is 0.476. The number of halogens is 4. The van der Waals surface area contributed by atoms with Crippen LogP contribution in [0.1, 0.15) is 58.6 Å². The van der Waals surface area contributed by atoms with Crippen LogP contribution in [0, 0.1) is 0 Å². The molecule has 0 unspecified atom stereocenters. The molecule has 6 heteroatoms. The number of hydrogen-bond acceptors (Lipinski definition) is 2. The van der Waals surface area contributed by atoms with Crippen LogP contribution >= 0.6 is 15.9 Å². The summed E-state index contributed by atoms with van der Waals surface area (Å²) in [6.07, 6.45) is -0.0587. The van der Waals surface area contributed by atoms with E-state index < -0.39 is 11.7 Å². The van der Waals surface area contributed by atoms with Gasteiger partial charge in [0.25, 0.3) is 0 Å². The maximum Gasteiger partial charge on any atom is 0.416 e. The van der Waals surface area contributed by atoms with Crippen molar-refractivity contribution in [2.75, 3.05) is 0 Å². The van der Waals surface area contributed by atoms with E-state index in [1.165, 1.54) is 6.07 Å². The molecule has 1 saturated carbocycles. The fourth-order valence-electron chi connectivity index (χ4n) is 3.39. The third-order valence-electron chi connectivity index (χ3n) is 4.72. The van der Waals surface area contributed by atoms with E-state index in [9.17, 15) is 18.0 Å². The average molecular weight is 427 g/mol. The van der Waals surface area contributed by atoms with E-state index in [0.29, 0.717) is 33.2 Å². The SMILES string of the molecule is O=Cc1ccc(OCc2ccc(C3CCCC3)c(C(F)(F)F)c2)cc1Br. The van der Waals surface area contributed by atoms with Crippen molar-refractivity contribution in [3.05, 3.63) is 63.1 Å². The van der Waals surface area contributed by atoms with Gasteiger partial charge in [-0.1, -0.05) is 25.0 Å². The van der Waals surface area contributed by atoms with Crippen molar-refractivity contribution in [1.82, 2.24) is 0 Å². The number of carbonyl (C=O) groups excluding carboxylic acids is 1. The van der Waals surface area contributed by atoms with Crippen molar-refractivity contribution in [1.29, 1.82) is 0 Å². The number of alkyl halides is 3. The lowest BCUT2D eigenvalue weighted by Gasteiger charge is -2.19. The van der Waals surface area contributed by atoms with Crippen molar-refractivity contribution in [2.45, 2.75) is 44.4 Å². The first-order valence-corrected chi connectivity index (χ1v) is 9.25. The minimum atomic E-state index is -4.37. The molecule has 0 N–H and O–H groups in total. The normalized spacial score (nSPS) is 15.2. The van der Waals surface area contributed by atoms with Crippen LogP contribution in [0.15, 0.2) is 40.9 Å². The zero-order valence-electron chi connectivity index (χ0n) is 14.0. The molecule has 1 aliphatic rings. The largest absolute Gasteiger partial charge is 0.489 e. The molecule has 0 aliphatic heterocycles. The first-order chi connectivity index (χ1) is 12.4. The highest BCUT2D eigenvalue weighted by Crippen LogP contribution is 2.42. The summed E-state index contributed by atoms with van der Waals surface area (Å²) in [5.41, 5.74) is 0.798. The van der Waals surface area contributed by atoms with Crippen molar-refractivity contribution < 1.29 is 22.7 Å².